The molecule has 4 heteroatoms. The zero-order valence-electron chi connectivity index (χ0n) is 10.7. The Balaban J connectivity index is 1.93. The van der Waals surface area contributed by atoms with Gasteiger partial charge in [-0.15, -0.1) is 0 Å². The van der Waals surface area contributed by atoms with Crippen molar-refractivity contribution in [3.05, 3.63) is 17.0 Å². The Morgan fingerprint density at radius 2 is 2.24 bits per heavy atom. The van der Waals surface area contributed by atoms with Gasteiger partial charge in [0.1, 0.15) is 0 Å². The number of hydrogen-bond donors (Lipinski definition) is 1. The van der Waals surface area contributed by atoms with Crippen LogP contribution in [0.3, 0.4) is 0 Å². The van der Waals surface area contributed by atoms with Gasteiger partial charge in [-0.25, -0.2) is 0 Å². The Kier molecular flexibility index (Phi) is 2.92. The van der Waals surface area contributed by atoms with Gasteiger partial charge in [-0.2, -0.15) is 5.10 Å². The van der Waals surface area contributed by atoms with Crippen LogP contribution in [-0.2, 0) is 4.74 Å². The zero-order valence-corrected chi connectivity index (χ0v) is 10.7. The molecule has 0 saturated carbocycles. The van der Waals surface area contributed by atoms with Crippen LogP contribution in [-0.4, -0.2) is 36.1 Å². The molecular formula is C13H21N3O. The summed E-state index contributed by atoms with van der Waals surface area (Å²) in [6.07, 6.45) is 2.35. The van der Waals surface area contributed by atoms with Gasteiger partial charge in [0.05, 0.1) is 18.3 Å². The highest BCUT2D eigenvalue weighted by molar-refractivity contribution is 5.30. The average molecular weight is 235 g/mol. The summed E-state index contributed by atoms with van der Waals surface area (Å²) in [4.78, 5) is 0. The zero-order chi connectivity index (χ0) is 11.8. The van der Waals surface area contributed by atoms with Gasteiger partial charge in [-0.3, -0.25) is 4.68 Å². The van der Waals surface area contributed by atoms with Gasteiger partial charge in [0.2, 0.25) is 0 Å². The molecule has 2 fully saturated rings. The van der Waals surface area contributed by atoms with Crippen molar-refractivity contribution in [3.63, 3.8) is 0 Å². The number of nitrogens with zero attached hydrogens (tertiary/aromatic N) is 2. The Morgan fingerprint density at radius 1 is 1.35 bits per heavy atom. The minimum Gasteiger partial charge on any atom is -0.379 e. The van der Waals surface area contributed by atoms with E-state index in [1.807, 2.05) is 0 Å². The molecule has 2 aliphatic rings. The van der Waals surface area contributed by atoms with E-state index < -0.39 is 0 Å². The van der Waals surface area contributed by atoms with Crippen LogP contribution in [0.4, 0.5) is 0 Å². The first-order chi connectivity index (χ1) is 8.27. The molecule has 1 N–H and O–H groups in total. The third-order valence-electron chi connectivity index (χ3n) is 4.10. The van der Waals surface area contributed by atoms with Crippen LogP contribution in [0.25, 0.3) is 0 Å². The molecule has 94 valence electrons. The molecule has 0 radical (unpaired) electrons. The van der Waals surface area contributed by atoms with Crippen LogP contribution in [0.1, 0.15) is 41.8 Å². The number of hydrogen-bond acceptors (Lipinski definition) is 3. The summed E-state index contributed by atoms with van der Waals surface area (Å²) in [5.74, 6) is 0.658. The Bertz CT molecular complexity index is 401. The predicted molar refractivity (Wildman–Crippen MR) is 66.4 cm³/mol. The van der Waals surface area contributed by atoms with Crippen molar-refractivity contribution in [2.24, 2.45) is 0 Å². The van der Waals surface area contributed by atoms with E-state index in [1.54, 1.807) is 0 Å². The van der Waals surface area contributed by atoms with E-state index in [2.05, 4.69) is 23.8 Å². The van der Waals surface area contributed by atoms with Crippen molar-refractivity contribution < 1.29 is 4.74 Å². The van der Waals surface area contributed by atoms with Gasteiger partial charge in [0, 0.05) is 30.3 Å². The van der Waals surface area contributed by atoms with Crippen LogP contribution in [0, 0.1) is 13.8 Å². The fraction of sp³-hybridized carbons (Fsp3) is 0.769. The van der Waals surface area contributed by atoms with Crippen LogP contribution < -0.4 is 5.32 Å². The lowest BCUT2D eigenvalue weighted by Gasteiger charge is -2.13. The molecule has 4 nitrogen and oxygen atoms in total. The first-order valence-electron chi connectivity index (χ1n) is 6.61. The Hall–Kier alpha value is -0.870. The van der Waals surface area contributed by atoms with E-state index in [9.17, 15) is 0 Å². The fourth-order valence-corrected chi connectivity index (χ4v) is 3.24. The van der Waals surface area contributed by atoms with Gasteiger partial charge in [-0.1, -0.05) is 0 Å². The highest BCUT2D eigenvalue weighted by Gasteiger charge is 2.27. The van der Waals surface area contributed by atoms with Gasteiger partial charge in [-0.05, 0) is 33.2 Å². The summed E-state index contributed by atoms with van der Waals surface area (Å²) in [7, 11) is 0. The monoisotopic (exact) mass is 235 g/mol. The van der Waals surface area contributed by atoms with Crippen LogP contribution in [0.5, 0.6) is 0 Å². The lowest BCUT2D eigenvalue weighted by atomic mass is 9.96. The molecule has 2 unspecified atom stereocenters. The highest BCUT2D eigenvalue weighted by atomic mass is 16.5. The first-order valence-corrected chi connectivity index (χ1v) is 6.61. The largest absolute Gasteiger partial charge is 0.379 e. The van der Waals surface area contributed by atoms with Crippen molar-refractivity contribution >= 4 is 0 Å². The smallest absolute Gasteiger partial charge is 0.0777 e. The van der Waals surface area contributed by atoms with Crippen molar-refractivity contribution in [3.8, 4) is 0 Å². The summed E-state index contributed by atoms with van der Waals surface area (Å²) in [6, 6.07) is 0.455. The summed E-state index contributed by atoms with van der Waals surface area (Å²) in [5, 5.41) is 8.19. The number of rotatable bonds is 2. The Labute approximate surface area is 102 Å². The molecule has 0 spiro atoms. The molecule has 0 bridgehead atoms. The van der Waals surface area contributed by atoms with E-state index in [1.165, 1.54) is 23.4 Å². The van der Waals surface area contributed by atoms with Gasteiger partial charge in [0.25, 0.3) is 0 Å². The minimum atomic E-state index is 0.455. The molecule has 3 heterocycles. The van der Waals surface area contributed by atoms with E-state index in [-0.39, 0.29) is 0 Å². The molecule has 3 rings (SSSR count). The van der Waals surface area contributed by atoms with Crippen molar-refractivity contribution in [2.75, 3.05) is 26.3 Å². The normalized spacial score (nSPS) is 29.1. The summed E-state index contributed by atoms with van der Waals surface area (Å²) in [5.41, 5.74) is 4.04. The third-order valence-corrected chi connectivity index (χ3v) is 4.10. The van der Waals surface area contributed by atoms with Crippen LogP contribution in [0.15, 0.2) is 0 Å². The first kappa shape index (κ1) is 11.2. The molecular weight excluding hydrogens is 214 g/mol. The summed E-state index contributed by atoms with van der Waals surface area (Å²) in [6.45, 7) is 8.31. The van der Waals surface area contributed by atoms with Crippen LogP contribution >= 0.6 is 0 Å². The SMILES string of the molecule is Cc1nn(C2CCOC2)c(C)c1C1CCNC1. The number of ether oxygens (including phenoxy) is 1. The number of nitrogens with one attached hydrogen (secondary N) is 1. The van der Waals surface area contributed by atoms with Crippen molar-refractivity contribution in [1.29, 1.82) is 0 Å². The van der Waals surface area contributed by atoms with Crippen molar-refractivity contribution in [2.45, 2.75) is 38.6 Å². The molecule has 17 heavy (non-hydrogen) atoms. The standard InChI is InChI=1S/C13H21N3O/c1-9-13(11-3-5-14-7-11)10(2)16(15-9)12-4-6-17-8-12/h11-12,14H,3-8H2,1-2H3. The van der Waals surface area contributed by atoms with Gasteiger partial charge >= 0.3 is 0 Å². The molecule has 1 aromatic heterocycles. The van der Waals surface area contributed by atoms with Gasteiger partial charge in [0.15, 0.2) is 0 Å². The molecule has 2 aliphatic heterocycles. The predicted octanol–water partition coefficient (Wildman–Crippen LogP) is 1.54. The van der Waals surface area contributed by atoms with Crippen molar-refractivity contribution in [1.82, 2.24) is 15.1 Å². The maximum Gasteiger partial charge on any atom is 0.0777 e. The molecule has 2 saturated heterocycles. The molecule has 0 aromatic carbocycles. The lowest BCUT2D eigenvalue weighted by molar-refractivity contribution is 0.184. The maximum atomic E-state index is 5.47. The lowest BCUT2D eigenvalue weighted by Crippen LogP contribution is -2.13. The Morgan fingerprint density at radius 3 is 2.88 bits per heavy atom. The topological polar surface area (TPSA) is 39.1 Å². The van der Waals surface area contributed by atoms with E-state index in [0.717, 1.165) is 32.7 Å². The molecule has 0 amide bonds. The average Bonchev–Trinajstić information content (AvgIpc) is 2.99. The second kappa shape index (κ2) is 4.42. The molecule has 1 aromatic rings. The summed E-state index contributed by atoms with van der Waals surface area (Å²) < 4.78 is 7.67. The second-order valence-electron chi connectivity index (χ2n) is 5.24. The molecule has 2 atom stereocenters. The van der Waals surface area contributed by atoms with E-state index in [0.29, 0.717) is 12.0 Å². The second-order valence-corrected chi connectivity index (χ2v) is 5.24. The summed E-state index contributed by atoms with van der Waals surface area (Å²) >= 11 is 0. The van der Waals surface area contributed by atoms with Crippen LogP contribution in [0.2, 0.25) is 0 Å². The quantitative estimate of drug-likeness (QED) is 0.845. The third kappa shape index (κ3) is 1.89. The number of aryl methyl sites for hydroxylation is 1. The highest BCUT2D eigenvalue weighted by Crippen LogP contribution is 2.31. The minimum absolute atomic E-state index is 0.455. The number of aromatic nitrogens is 2. The van der Waals surface area contributed by atoms with E-state index in [4.69, 9.17) is 9.84 Å². The van der Waals surface area contributed by atoms with Gasteiger partial charge < -0.3 is 10.1 Å². The fourth-order valence-electron chi connectivity index (χ4n) is 3.24. The molecule has 0 aliphatic carbocycles. The maximum absolute atomic E-state index is 5.47. The van der Waals surface area contributed by atoms with E-state index >= 15 is 0 Å².